The lowest BCUT2D eigenvalue weighted by Gasteiger charge is -2.26. The van der Waals surface area contributed by atoms with Crippen LogP contribution in [0.15, 0.2) is 54.6 Å². The van der Waals surface area contributed by atoms with Gasteiger partial charge in [-0.2, -0.15) is 0 Å². The molecule has 1 fully saturated rings. The van der Waals surface area contributed by atoms with Gasteiger partial charge in [-0.3, -0.25) is 0 Å². The van der Waals surface area contributed by atoms with Gasteiger partial charge in [0.15, 0.2) is 0 Å². The van der Waals surface area contributed by atoms with Gasteiger partial charge in [0.1, 0.15) is 5.75 Å². The lowest BCUT2D eigenvalue weighted by Crippen LogP contribution is -2.30. The smallest absolute Gasteiger partial charge is 0.414 e. The first-order chi connectivity index (χ1) is 14.6. The van der Waals surface area contributed by atoms with Crippen LogP contribution in [0.1, 0.15) is 38.5 Å². The van der Waals surface area contributed by atoms with Crippen molar-refractivity contribution in [2.24, 2.45) is 0 Å². The molecule has 1 aliphatic rings. The molecule has 0 unspecified atom stereocenters. The average molecular weight is 414 g/mol. The monoisotopic (exact) mass is 413 g/mol. The van der Waals surface area contributed by atoms with E-state index in [1.54, 1.807) is 0 Å². The quantitative estimate of drug-likeness (QED) is 0.488. The van der Waals surface area contributed by atoms with Crippen LogP contribution in [-0.4, -0.2) is 53.3 Å². The number of carboxylic acids is 2. The molecular weight excluding hydrogens is 382 g/mol. The summed E-state index contributed by atoms with van der Waals surface area (Å²) in [6, 6.07) is 18.9. The minimum absolute atomic E-state index is 0.818. The standard InChI is InChI=1S/C22H29NO.C2H2O4/c1-4-11-20(12-5-1)21-13-10-14-22(19-21)24-18-9-3-8-17-23-15-6-2-7-16-23;3-1(4)2(5)6/h1,4-5,10-14,19H,2-3,6-9,15-18H2;(H,3,4)(H,5,6). The molecule has 30 heavy (non-hydrogen) atoms. The Morgan fingerprint density at radius 3 is 2.13 bits per heavy atom. The van der Waals surface area contributed by atoms with Gasteiger partial charge in [-0.25, -0.2) is 9.59 Å². The Kier molecular flexibility index (Phi) is 10.4. The Balaban J connectivity index is 0.000000469. The molecule has 0 aliphatic carbocycles. The third-order valence-corrected chi connectivity index (χ3v) is 4.96. The molecule has 1 saturated heterocycles. The van der Waals surface area contributed by atoms with Crippen LogP contribution < -0.4 is 4.74 Å². The number of carbonyl (C=O) groups is 2. The van der Waals surface area contributed by atoms with E-state index in [1.807, 2.05) is 6.07 Å². The molecule has 1 heterocycles. The molecule has 162 valence electrons. The molecule has 3 rings (SSSR count). The zero-order chi connectivity index (χ0) is 21.6. The molecule has 1 aliphatic heterocycles. The second-order valence-corrected chi connectivity index (χ2v) is 7.32. The van der Waals surface area contributed by atoms with Crippen molar-refractivity contribution in [3.8, 4) is 16.9 Å². The van der Waals surface area contributed by atoms with Crippen LogP contribution in [-0.2, 0) is 9.59 Å². The minimum atomic E-state index is -1.82. The molecule has 0 radical (unpaired) electrons. The first-order valence-corrected chi connectivity index (χ1v) is 10.5. The molecule has 0 spiro atoms. The van der Waals surface area contributed by atoms with Gasteiger partial charge in [0.2, 0.25) is 0 Å². The molecule has 2 aromatic rings. The number of rotatable bonds is 8. The molecule has 0 saturated carbocycles. The van der Waals surface area contributed by atoms with Crippen molar-refractivity contribution in [1.82, 2.24) is 4.90 Å². The highest BCUT2D eigenvalue weighted by Crippen LogP contribution is 2.23. The lowest BCUT2D eigenvalue weighted by molar-refractivity contribution is -0.159. The summed E-state index contributed by atoms with van der Waals surface area (Å²) in [7, 11) is 0. The average Bonchev–Trinajstić information content (AvgIpc) is 2.78. The molecule has 0 atom stereocenters. The number of piperidine rings is 1. The van der Waals surface area contributed by atoms with Gasteiger partial charge in [0.25, 0.3) is 0 Å². The Labute approximate surface area is 178 Å². The highest BCUT2D eigenvalue weighted by Gasteiger charge is 2.08. The van der Waals surface area contributed by atoms with Crippen LogP contribution in [0, 0.1) is 0 Å². The van der Waals surface area contributed by atoms with E-state index >= 15 is 0 Å². The maximum atomic E-state index is 9.10. The fraction of sp³-hybridized carbons (Fsp3) is 0.417. The number of nitrogens with zero attached hydrogens (tertiary/aromatic N) is 1. The zero-order valence-electron chi connectivity index (χ0n) is 17.3. The van der Waals surface area contributed by atoms with Crippen LogP contribution in [0.2, 0.25) is 0 Å². The van der Waals surface area contributed by atoms with Gasteiger partial charge < -0.3 is 19.8 Å². The van der Waals surface area contributed by atoms with Crippen LogP contribution in [0.25, 0.3) is 11.1 Å². The first kappa shape index (κ1) is 23.4. The van der Waals surface area contributed by atoms with E-state index in [0.717, 1.165) is 18.8 Å². The van der Waals surface area contributed by atoms with Gasteiger partial charge in [0, 0.05) is 0 Å². The maximum Gasteiger partial charge on any atom is 0.414 e. The van der Waals surface area contributed by atoms with Crippen LogP contribution >= 0.6 is 0 Å². The summed E-state index contributed by atoms with van der Waals surface area (Å²) in [4.78, 5) is 20.8. The highest BCUT2D eigenvalue weighted by molar-refractivity contribution is 6.27. The van der Waals surface area contributed by atoms with E-state index in [-0.39, 0.29) is 0 Å². The minimum Gasteiger partial charge on any atom is -0.494 e. The normalized spacial score (nSPS) is 13.7. The Morgan fingerprint density at radius 2 is 1.47 bits per heavy atom. The number of likely N-dealkylation sites (tertiary alicyclic amines) is 1. The van der Waals surface area contributed by atoms with Crippen LogP contribution in [0.5, 0.6) is 5.75 Å². The number of aliphatic carboxylic acids is 2. The molecule has 0 aromatic heterocycles. The summed E-state index contributed by atoms with van der Waals surface area (Å²) in [5, 5.41) is 14.8. The predicted octanol–water partition coefficient (Wildman–Crippen LogP) is 4.54. The largest absolute Gasteiger partial charge is 0.494 e. The van der Waals surface area contributed by atoms with E-state index in [9.17, 15) is 0 Å². The molecule has 2 aromatic carbocycles. The van der Waals surface area contributed by atoms with Gasteiger partial charge in [0.05, 0.1) is 6.61 Å². The number of ether oxygens (including phenoxy) is 1. The van der Waals surface area contributed by atoms with E-state index in [2.05, 4.69) is 53.4 Å². The number of hydrogen-bond donors (Lipinski definition) is 2. The number of unbranched alkanes of at least 4 members (excludes halogenated alkanes) is 2. The van der Waals surface area contributed by atoms with Gasteiger partial charge in [-0.05, 0) is 75.0 Å². The molecule has 2 N–H and O–H groups in total. The van der Waals surface area contributed by atoms with E-state index in [0.29, 0.717) is 0 Å². The Hall–Kier alpha value is -2.86. The molecule has 6 nitrogen and oxygen atoms in total. The number of benzene rings is 2. The highest BCUT2D eigenvalue weighted by atomic mass is 16.5. The summed E-state index contributed by atoms with van der Waals surface area (Å²) >= 11 is 0. The third kappa shape index (κ3) is 9.09. The number of hydrogen-bond acceptors (Lipinski definition) is 4. The van der Waals surface area contributed by atoms with E-state index in [4.69, 9.17) is 24.5 Å². The predicted molar refractivity (Wildman–Crippen MR) is 117 cm³/mol. The fourth-order valence-corrected chi connectivity index (χ4v) is 3.38. The molecule has 6 heteroatoms. The van der Waals surface area contributed by atoms with Crippen molar-refractivity contribution < 1.29 is 24.5 Å². The van der Waals surface area contributed by atoms with Crippen LogP contribution in [0.4, 0.5) is 0 Å². The van der Waals surface area contributed by atoms with E-state index in [1.165, 1.54) is 62.9 Å². The summed E-state index contributed by atoms with van der Waals surface area (Å²) < 4.78 is 5.95. The topological polar surface area (TPSA) is 87.1 Å². The van der Waals surface area contributed by atoms with Crippen LogP contribution in [0.3, 0.4) is 0 Å². The van der Waals surface area contributed by atoms with Crippen molar-refractivity contribution >= 4 is 11.9 Å². The number of carboxylic acid groups (broad SMARTS) is 2. The lowest BCUT2D eigenvalue weighted by atomic mass is 10.1. The summed E-state index contributed by atoms with van der Waals surface area (Å²) in [6.07, 6.45) is 7.90. The fourth-order valence-electron chi connectivity index (χ4n) is 3.38. The molecule has 0 amide bonds. The summed E-state index contributed by atoms with van der Waals surface area (Å²) in [6.45, 7) is 4.70. The van der Waals surface area contributed by atoms with Crippen molar-refractivity contribution in [2.45, 2.75) is 38.5 Å². The summed E-state index contributed by atoms with van der Waals surface area (Å²) in [5.74, 6) is -2.67. The summed E-state index contributed by atoms with van der Waals surface area (Å²) in [5.41, 5.74) is 2.46. The van der Waals surface area contributed by atoms with Gasteiger partial charge >= 0.3 is 11.9 Å². The maximum absolute atomic E-state index is 9.10. The van der Waals surface area contributed by atoms with Crippen molar-refractivity contribution in [2.75, 3.05) is 26.2 Å². The molecule has 0 bridgehead atoms. The molecular formula is C24H31NO5. The van der Waals surface area contributed by atoms with Gasteiger partial charge in [-0.1, -0.05) is 48.9 Å². The Morgan fingerprint density at radius 1 is 0.800 bits per heavy atom. The van der Waals surface area contributed by atoms with Crippen molar-refractivity contribution in [3.05, 3.63) is 54.6 Å². The first-order valence-electron chi connectivity index (χ1n) is 10.5. The van der Waals surface area contributed by atoms with Crippen molar-refractivity contribution in [1.29, 1.82) is 0 Å². The second kappa shape index (κ2) is 13.4. The van der Waals surface area contributed by atoms with E-state index < -0.39 is 11.9 Å². The van der Waals surface area contributed by atoms with Crippen molar-refractivity contribution in [3.63, 3.8) is 0 Å². The SMILES string of the molecule is O=C(O)C(=O)O.c1ccc(-c2cccc(OCCCCCN3CCCCC3)c2)cc1. The van der Waals surface area contributed by atoms with Gasteiger partial charge in [-0.15, -0.1) is 0 Å². The second-order valence-electron chi connectivity index (χ2n) is 7.32. The zero-order valence-corrected chi connectivity index (χ0v) is 17.3. The Bertz CT molecular complexity index is 760. The third-order valence-electron chi connectivity index (χ3n) is 4.96.